The van der Waals surface area contributed by atoms with Crippen LogP contribution in [0.25, 0.3) is 0 Å². The molecular weight excluding hydrogens is 154 g/mol. The van der Waals surface area contributed by atoms with Crippen LogP contribution in [0.3, 0.4) is 0 Å². The molecule has 0 fully saturated rings. The molecule has 0 aromatic rings. The summed E-state index contributed by atoms with van der Waals surface area (Å²) in [6.07, 6.45) is -0.157. The number of nitrogens with zero attached hydrogens (tertiary/aromatic N) is 2. The van der Waals surface area contributed by atoms with Gasteiger partial charge in [-0.3, -0.25) is 5.73 Å². The van der Waals surface area contributed by atoms with E-state index in [9.17, 15) is 10.0 Å². The van der Waals surface area contributed by atoms with Crippen molar-refractivity contribution in [2.75, 3.05) is 0 Å². The summed E-state index contributed by atoms with van der Waals surface area (Å²) < 4.78 is 0. The molecule has 0 amide bonds. The van der Waals surface area contributed by atoms with Crippen molar-refractivity contribution >= 4 is 5.97 Å². The van der Waals surface area contributed by atoms with Crippen molar-refractivity contribution in [1.29, 1.82) is 0 Å². The lowest BCUT2D eigenvalue weighted by Crippen LogP contribution is -2.54. The molecule has 4 N–H and O–H groups in total. The van der Waals surface area contributed by atoms with Crippen molar-refractivity contribution in [3.63, 3.8) is 0 Å². The van der Waals surface area contributed by atoms with Crippen molar-refractivity contribution in [2.24, 2.45) is 11.0 Å². The molecule has 0 spiro atoms. The van der Waals surface area contributed by atoms with Crippen LogP contribution >= 0.6 is 0 Å². The van der Waals surface area contributed by atoms with Crippen LogP contribution in [0, 0.1) is 5.21 Å². The maximum Gasteiger partial charge on any atom is 0.396 e. The summed E-state index contributed by atoms with van der Waals surface area (Å²) in [6.45, 7) is 1.39. The zero-order chi connectivity index (χ0) is 9.07. The number of aliphatic carboxylic acids is 1. The lowest BCUT2D eigenvalue weighted by Gasteiger charge is -2.16. The molecule has 0 aromatic carbocycles. The van der Waals surface area contributed by atoms with Gasteiger partial charge >= 0.3 is 11.6 Å². The quantitative estimate of drug-likeness (QED) is 0.224. The Balaban J connectivity index is 4.75. The summed E-state index contributed by atoms with van der Waals surface area (Å²) >= 11 is 0. The Labute approximate surface area is 62.3 Å². The predicted molar refractivity (Wildman–Crippen MR) is 32.7 cm³/mol. The van der Waals surface area contributed by atoms with Gasteiger partial charge in [0.1, 0.15) is 0 Å². The first-order chi connectivity index (χ1) is 4.99. The molecule has 0 saturated heterocycles. The molecule has 11 heavy (non-hydrogen) atoms. The molecular formula is C4H9N3O4. The van der Waals surface area contributed by atoms with Crippen LogP contribution in [-0.4, -0.2) is 26.8 Å². The smallest absolute Gasteiger partial charge is 0.396 e. The molecule has 0 radical (unpaired) electrons. The van der Waals surface area contributed by atoms with Crippen molar-refractivity contribution in [3.05, 3.63) is 5.21 Å². The second-order valence-corrected chi connectivity index (χ2v) is 1.95. The molecule has 0 rings (SSSR count). The minimum Gasteiger partial charge on any atom is -0.595 e. The first-order valence-corrected chi connectivity index (χ1v) is 2.83. The third kappa shape index (κ3) is 1.55. The van der Waals surface area contributed by atoms with Gasteiger partial charge in [0.05, 0.1) is 0 Å². The van der Waals surface area contributed by atoms with Crippen LogP contribution in [0.1, 0.15) is 13.3 Å². The molecule has 1 atom stereocenters. The lowest BCUT2D eigenvalue weighted by atomic mass is 10.1. The van der Waals surface area contributed by atoms with E-state index in [-0.39, 0.29) is 6.42 Å². The number of carboxylic acids is 1. The number of rotatable bonds is 3. The highest BCUT2D eigenvalue weighted by Gasteiger charge is 2.43. The van der Waals surface area contributed by atoms with Crippen LogP contribution in [0.15, 0.2) is 5.28 Å². The monoisotopic (exact) mass is 163 g/mol. The van der Waals surface area contributed by atoms with Gasteiger partial charge in [0.15, 0.2) is 5.28 Å². The number of hydroxylamine groups is 1. The number of hydrogen-bond donors (Lipinski definition) is 3. The van der Waals surface area contributed by atoms with E-state index in [2.05, 4.69) is 5.28 Å². The summed E-state index contributed by atoms with van der Waals surface area (Å²) in [4.78, 5) is 9.87. The van der Waals surface area contributed by atoms with Gasteiger partial charge in [-0.2, -0.15) is 0 Å². The van der Waals surface area contributed by atoms with E-state index in [1.54, 1.807) is 0 Å². The normalized spacial score (nSPS) is 17.5. The molecule has 64 valence electrons. The van der Waals surface area contributed by atoms with E-state index < -0.39 is 16.5 Å². The zero-order valence-corrected chi connectivity index (χ0v) is 5.89. The van der Waals surface area contributed by atoms with Crippen molar-refractivity contribution in [3.8, 4) is 0 Å². The first-order valence-electron chi connectivity index (χ1n) is 2.83. The van der Waals surface area contributed by atoms with E-state index in [0.29, 0.717) is 0 Å². The third-order valence-corrected chi connectivity index (χ3v) is 1.33. The summed E-state index contributed by atoms with van der Waals surface area (Å²) in [5.74, 6) is -1.53. The molecule has 0 heterocycles. The molecule has 0 aromatic heterocycles. The summed E-state index contributed by atoms with van der Waals surface area (Å²) in [6, 6.07) is 0. The highest BCUT2D eigenvalue weighted by Crippen LogP contribution is 2.07. The van der Waals surface area contributed by atoms with Crippen LogP contribution in [0.4, 0.5) is 0 Å². The summed E-state index contributed by atoms with van der Waals surface area (Å²) in [5, 5.41) is 29.0. The Bertz CT molecular complexity index is 192. The second kappa shape index (κ2) is 3.15. The van der Waals surface area contributed by atoms with E-state index in [1.165, 1.54) is 6.92 Å². The summed E-state index contributed by atoms with van der Waals surface area (Å²) in [7, 11) is 0. The Hall–Kier alpha value is -1.37. The van der Waals surface area contributed by atoms with Crippen molar-refractivity contribution in [2.45, 2.75) is 19.0 Å². The molecule has 7 nitrogen and oxygen atoms in total. The van der Waals surface area contributed by atoms with Crippen LogP contribution in [0.5, 0.6) is 0 Å². The molecule has 0 bridgehead atoms. The van der Waals surface area contributed by atoms with E-state index in [1.807, 2.05) is 0 Å². The van der Waals surface area contributed by atoms with Gasteiger partial charge < -0.3 is 15.5 Å². The van der Waals surface area contributed by atoms with Gasteiger partial charge in [-0.25, -0.2) is 4.79 Å². The molecule has 7 heteroatoms. The third-order valence-electron chi connectivity index (χ3n) is 1.33. The molecule has 0 aliphatic carbocycles. The Kier molecular flexibility index (Phi) is 2.76. The van der Waals surface area contributed by atoms with Gasteiger partial charge in [0.2, 0.25) is 0 Å². The first kappa shape index (κ1) is 9.63. The van der Waals surface area contributed by atoms with Crippen LogP contribution in [-0.2, 0) is 4.79 Å². The van der Waals surface area contributed by atoms with E-state index in [4.69, 9.17) is 16.0 Å². The average molecular weight is 163 g/mol. The molecule has 0 saturated carbocycles. The van der Waals surface area contributed by atoms with Crippen molar-refractivity contribution < 1.29 is 20.0 Å². The van der Waals surface area contributed by atoms with Gasteiger partial charge in [-0.15, -0.1) is 0 Å². The van der Waals surface area contributed by atoms with Gasteiger partial charge in [0.25, 0.3) is 0 Å². The number of nitrogens with two attached hydrogens (primary N) is 1. The predicted octanol–water partition coefficient (Wildman–Crippen LogP) is -0.512. The topological polar surface area (TPSA) is 122 Å². The highest BCUT2D eigenvalue weighted by molar-refractivity contribution is 5.75. The molecule has 0 aliphatic heterocycles. The lowest BCUT2D eigenvalue weighted by molar-refractivity contribution is -0.618. The standard InChI is InChI=1S/C4H9N3O4/c1-2-4(5,3(8)9)7(11)6-10/h10H,2,5H2,1H3,(H,8,9). The fourth-order valence-electron chi connectivity index (χ4n) is 0.448. The highest BCUT2D eigenvalue weighted by atomic mass is 16.6. The fourth-order valence-corrected chi connectivity index (χ4v) is 0.448. The zero-order valence-electron chi connectivity index (χ0n) is 5.89. The number of hydrogen-bond acceptors (Lipinski definition) is 4. The van der Waals surface area contributed by atoms with Gasteiger partial charge in [-0.05, 0) is 4.86 Å². The minimum absolute atomic E-state index is 0.157. The SMILES string of the molecule is CCC(N)(C(=O)O)[N+]([O-])=NO. The van der Waals surface area contributed by atoms with Crippen LogP contribution in [0.2, 0.25) is 0 Å². The largest absolute Gasteiger partial charge is 0.595 e. The van der Waals surface area contributed by atoms with Crippen LogP contribution < -0.4 is 5.73 Å². The average Bonchev–Trinajstić information content (AvgIpc) is 2.01. The van der Waals surface area contributed by atoms with E-state index >= 15 is 0 Å². The van der Waals surface area contributed by atoms with Gasteiger partial charge in [-0.1, -0.05) is 6.92 Å². The van der Waals surface area contributed by atoms with E-state index in [0.717, 1.165) is 0 Å². The minimum atomic E-state index is -2.17. The summed E-state index contributed by atoms with van der Waals surface area (Å²) in [5.41, 5.74) is 2.88. The number of carbonyl (C=O) groups is 1. The maximum atomic E-state index is 10.5. The number of carboxylic acid groups (broad SMARTS) is 1. The van der Waals surface area contributed by atoms with Gasteiger partial charge in [0, 0.05) is 6.42 Å². The Morgan fingerprint density at radius 2 is 2.36 bits per heavy atom. The molecule has 0 aliphatic rings. The molecule has 1 unspecified atom stereocenters. The maximum absolute atomic E-state index is 10.5. The fraction of sp³-hybridized carbons (Fsp3) is 0.750. The second-order valence-electron chi connectivity index (χ2n) is 1.95. The Morgan fingerprint density at radius 3 is 2.45 bits per heavy atom. The Morgan fingerprint density at radius 1 is 1.91 bits per heavy atom. The van der Waals surface area contributed by atoms with Crippen molar-refractivity contribution in [1.82, 2.24) is 0 Å².